The van der Waals surface area contributed by atoms with E-state index in [0.717, 1.165) is 6.54 Å². The first-order valence-corrected chi connectivity index (χ1v) is 6.46. The smallest absolute Gasteiger partial charge is 0.0701 e. The van der Waals surface area contributed by atoms with E-state index in [1.165, 1.54) is 9.35 Å². The summed E-state index contributed by atoms with van der Waals surface area (Å²) in [5.74, 6) is 0. The highest BCUT2D eigenvalue weighted by atomic mass is 79.9. The molecule has 0 radical (unpaired) electrons. The highest BCUT2D eigenvalue weighted by molar-refractivity contribution is 9.11. The fraction of sp³-hybridized carbons (Fsp3) is 0.600. The first-order chi connectivity index (χ1) is 7.17. The molecule has 0 fully saturated rings. The van der Waals surface area contributed by atoms with Gasteiger partial charge in [-0.3, -0.25) is 4.90 Å². The van der Waals surface area contributed by atoms with Crippen LogP contribution in [-0.2, 0) is 11.3 Å². The summed E-state index contributed by atoms with van der Waals surface area (Å²) in [6, 6.07) is 2.43. The molecule has 15 heavy (non-hydrogen) atoms. The highest BCUT2D eigenvalue weighted by Crippen LogP contribution is 2.21. The maximum absolute atomic E-state index is 5.69. The average Bonchev–Trinajstić information content (AvgIpc) is 2.60. The second-order valence-corrected chi connectivity index (χ2v) is 5.81. The zero-order valence-electron chi connectivity index (χ0n) is 9.07. The van der Waals surface area contributed by atoms with Crippen LogP contribution in [-0.4, -0.2) is 38.3 Å². The van der Waals surface area contributed by atoms with Crippen LogP contribution in [0.4, 0.5) is 0 Å². The molecule has 0 amide bonds. The van der Waals surface area contributed by atoms with E-state index in [1.54, 1.807) is 18.4 Å². The van der Waals surface area contributed by atoms with Gasteiger partial charge in [-0.05, 0) is 40.0 Å². The van der Waals surface area contributed by atoms with Crippen molar-refractivity contribution < 1.29 is 4.74 Å². The Balaban J connectivity index is 2.49. The molecule has 5 heteroatoms. The van der Waals surface area contributed by atoms with Crippen LogP contribution < -0.4 is 5.73 Å². The van der Waals surface area contributed by atoms with Crippen molar-refractivity contribution in [3.05, 3.63) is 20.8 Å². The van der Waals surface area contributed by atoms with Crippen molar-refractivity contribution >= 4 is 27.3 Å². The van der Waals surface area contributed by atoms with Gasteiger partial charge < -0.3 is 10.5 Å². The molecule has 0 spiro atoms. The molecule has 0 bridgehead atoms. The van der Waals surface area contributed by atoms with Gasteiger partial charge in [0.15, 0.2) is 0 Å². The summed E-state index contributed by atoms with van der Waals surface area (Å²) in [4.78, 5) is 2.22. The van der Waals surface area contributed by atoms with E-state index in [4.69, 9.17) is 10.5 Å². The molecule has 1 rings (SSSR count). The van der Waals surface area contributed by atoms with Gasteiger partial charge >= 0.3 is 0 Å². The summed E-state index contributed by atoms with van der Waals surface area (Å²) in [7, 11) is 3.78. The van der Waals surface area contributed by atoms with Gasteiger partial charge in [-0.15, -0.1) is 11.3 Å². The lowest BCUT2D eigenvalue weighted by atomic mass is 10.2. The molecule has 0 aliphatic rings. The summed E-state index contributed by atoms with van der Waals surface area (Å²) in [6.45, 7) is 2.21. The first-order valence-electron chi connectivity index (χ1n) is 4.79. The van der Waals surface area contributed by atoms with Gasteiger partial charge in [0.1, 0.15) is 0 Å². The molecule has 2 N–H and O–H groups in total. The minimum absolute atomic E-state index is 0.286. The fourth-order valence-corrected chi connectivity index (χ4v) is 2.61. The maximum Gasteiger partial charge on any atom is 0.0701 e. The molecule has 1 aromatic rings. The van der Waals surface area contributed by atoms with Gasteiger partial charge in [0.2, 0.25) is 0 Å². The van der Waals surface area contributed by atoms with E-state index in [2.05, 4.69) is 39.3 Å². The Morgan fingerprint density at radius 3 is 2.87 bits per heavy atom. The van der Waals surface area contributed by atoms with Gasteiger partial charge in [0.25, 0.3) is 0 Å². The summed E-state index contributed by atoms with van der Waals surface area (Å²) in [5.41, 5.74) is 7.00. The molecule has 0 aliphatic heterocycles. The van der Waals surface area contributed by atoms with Crippen molar-refractivity contribution in [1.29, 1.82) is 0 Å². The third-order valence-corrected chi connectivity index (χ3v) is 3.86. The van der Waals surface area contributed by atoms with E-state index in [-0.39, 0.29) is 6.04 Å². The highest BCUT2D eigenvalue weighted by Gasteiger charge is 2.13. The van der Waals surface area contributed by atoms with Gasteiger partial charge in [-0.25, -0.2) is 0 Å². The number of nitrogens with two attached hydrogens (primary N) is 1. The number of methoxy groups -OCH3 is 1. The fourth-order valence-electron chi connectivity index (χ4n) is 1.41. The van der Waals surface area contributed by atoms with Gasteiger partial charge in [-0.2, -0.15) is 0 Å². The van der Waals surface area contributed by atoms with E-state index >= 15 is 0 Å². The van der Waals surface area contributed by atoms with E-state index in [0.29, 0.717) is 13.2 Å². The third-order valence-electron chi connectivity index (χ3n) is 2.31. The Hall–Kier alpha value is 0.0600. The Labute approximate surface area is 103 Å². The number of hydrogen-bond donors (Lipinski definition) is 1. The minimum Gasteiger partial charge on any atom is -0.383 e. The van der Waals surface area contributed by atoms with E-state index in [1.807, 2.05) is 0 Å². The van der Waals surface area contributed by atoms with Crippen LogP contribution in [0.2, 0.25) is 0 Å². The number of thiophene rings is 1. The largest absolute Gasteiger partial charge is 0.383 e. The molecule has 0 aromatic carbocycles. The summed E-state index contributed by atoms with van der Waals surface area (Å²) >= 11 is 5.16. The molecule has 3 nitrogen and oxygen atoms in total. The van der Waals surface area contributed by atoms with Crippen LogP contribution in [0.3, 0.4) is 0 Å². The van der Waals surface area contributed by atoms with Crippen LogP contribution >= 0.6 is 27.3 Å². The molecule has 0 saturated heterocycles. The zero-order chi connectivity index (χ0) is 11.3. The molecular weight excluding hydrogens is 276 g/mol. The molecule has 0 aliphatic carbocycles. The maximum atomic E-state index is 5.69. The predicted molar refractivity (Wildman–Crippen MR) is 68.2 cm³/mol. The van der Waals surface area contributed by atoms with Crippen LogP contribution in [0, 0.1) is 0 Å². The molecule has 1 heterocycles. The SMILES string of the molecule is COCC(CN)N(C)Cc1csc(Br)c1. The van der Waals surface area contributed by atoms with Crippen molar-refractivity contribution in [2.75, 3.05) is 27.3 Å². The molecular formula is C10H17BrN2OS. The zero-order valence-corrected chi connectivity index (χ0v) is 11.5. The lowest BCUT2D eigenvalue weighted by Gasteiger charge is -2.25. The Kier molecular flexibility index (Phi) is 5.78. The van der Waals surface area contributed by atoms with E-state index in [9.17, 15) is 0 Å². The van der Waals surface area contributed by atoms with Crippen LogP contribution in [0.15, 0.2) is 15.2 Å². The lowest BCUT2D eigenvalue weighted by molar-refractivity contribution is 0.106. The second kappa shape index (κ2) is 6.60. The Morgan fingerprint density at radius 1 is 1.67 bits per heavy atom. The molecule has 1 atom stereocenters. The number of rotatable bonds is 6. The Morgan fingerprint density at radius 2 is 2.40 bits per heavy atom. The predicted octanol–water partition coefficient (Wildman–Crippen LogP) is 1.92. The third kappa shape index (κ3) is 4.20. The lowest BCUT2D eigenvalue weighted by Crippen LogP contribution is -2.40. The number of ether oxygens (including phenoxy) is 1. The monoisotopic (exact) mass is 292 g/mol. The number of nitrogens with zero attached hydrogens (tertiary/aromatic N) is 1. The van der Waals surface area contributed by atoms with Gasteiger partial charge in [0, 0.05) is 26.2 Å². The van der Waals surface area contributed by atoms with Crippen LogP contribution in [0.5, 0.6) is 0 Å². The second-order valence-electron chi connectivity index (χ2n) is 3.52. The quantitative estimate of drug-likeness (QED) is 0.871. The minimum atomic E-state index is 0.286. The normalized spacial score (nSPS) is 13.4. The summed E-state index contributed by atoms with van der Waals surface area (Å²) < 4.78 is 6.30. The summed E-state index contributed by atoms with van der Waals surface area (Å²) in [5, 5.41) is 2.15. The molecule has 1 aromatic heterocycles. The number of hydrogen-bond acceptors (Lipinski definition) is 4. The number of likely N-dealkylation sites (N-methyl/N-ethyl adjacent to an activating group) is 1. The van der Waals surface area contributed by atoms with Crippen molar-refractivity contribution in [1.82, 2.24) is 4.90 Å². The molecule has 0 saturated carbocycles. The van der Waals surface area contributed by atoms with Crippen LogP contribution in [0.1, 0.15) is 5.56 Å². The van der Waals surface area contributed by atoms with Crippen molar-refractivity contribution in [3.63, 3.8) is 0 Å². The van der Waals surface area contributed by atoms with Crippen molar-refractivity contribution in [2.45, 2.75) is 12.6 Å². The summed E-state index contributed by atoms with van der Waals surface area (Å²) in [6.07, 6.45) is 0. The number of halogens is 1. The standard InChI is InChI=1S/C10H17BrN2OS/c1-13(9(4-12)6-14-2)5-8-3-10(11)15-7-8/h3,7,9H,4-6,12H2,1-2H3. The Bertz CT molecular complexity index is 293. The molecule has 1 unspecified atom stereocenters. The topological polar surface area (TPSA) is 38.5 Å². The van der Waals surface area contributed by atoms with Crippen LogP contribution in [0.25, 0.3) is 0 Å². The van der Waals surface area contributed by atoms with Gasteiger partial charge in [-0.1, -0.05) is 0 Å². The van der Waals surface area contributed by atoms with Gasteiger partial charge in [0.05, 0.1) is 10.4 Å². The van der Waals surface area contributed by atoms with Crippen molar-refractivity contribution in [2.24, 2.45) is 5.73 Å². The molecule has 86 valence electrons. The van der Waals surface area contributed by atoms with E-state index < -0.39 is 0 Å². The first kappa shape index (κ1) is 13.1. The van der Waals surface area contributed by atoms with Crippen molar-refractivity contribution in [3.8, 4) is 0 Å². The average molecular weight is 293 g/mol.